The summed E-state index contributed by atoms with van der Waals surface area (Å²) in [5.41, 5.74) is 2.18. The predicted octanol–water partition coefficient (Wildman–Crippen LogP) is 10.2. The fourth-order valence-corrected chi connectivity index (χ4v) is 15.9. The molecule has 226 valence electrons. The Balaban J connectivity index is 0.000000248. The van der Waals surface area contributed by atoms with Gasteiger partial charge in [-0.2, -0.15) is 0 Å². The van der Waals surface area contributed by atoms with Crippen molar-refractivity contribution in [3.8, 4) is 11.5 Å². The van der Waals surface area contributed by atoms with Gasteiger partial charge < -0.3 is 4.74 Å². The minimum Gasteiger partial charge on any atom is -0.492 e. The van der Waals surface area contributed by atoms with Crippen molar-refractivity contribution in [2.24, 2.45) is 0 Å². The molecule has 0 fully saturated rings. The summed E-state index contributed by atoms with van der Waals surface area (Å²) in [6, 6.07) is 44.9. The van der Waals surface area contributed by atoms with E-state index in [1.165, 1.54) is 21.5 Å². The van der Waals surface area contributed by atoms with Gasteiger partial charge in [-0.05, 0) is 18.2 Å². The van der Waals surface area contributed by atoms with Crippen LogP contribution >= 0.6 is 52.7 Å². The maximum Gasteiger partial charge on any atom is 0.170 e. The molecule has 0 N–H and O–H groups in total. The molecular weight excluding hydrogens is 763 g/mol. The molecule has 0 aromatic heterocycles. The van der Waals surface area contributed by atoms with Gasteiger partial charge in [-0.3, -0.25) is 4.79 Å². The minimum absolute atomic E-state index is 0. The van der Waals surface area contributed by atoms with Crippen molar-refractivity contribution in [3.05, 3.63) is 147 Å². The van der Waals surface area contributed by atoms with Crippen LogP contribution in [0, 0.1) is 0 Å². The molecule has 0 saturated carbocycles. The SMILES string of the molecule is Brc1ccc2c(c1)C(P(Br)(c1ccccc1)(c1ccccc1)c1ccccc1)CCO2.C.O=C1CCOc2ccc(Br)cc21. The van der Waals surface area contributed by atoms with Gasteiger partial charge in [0, 0.05) is 10.9 Å². The van der Waals surface area contributed by atoms with E-state index < -0.39 is 5.31 Å². The van der Waals surface area contributed by atoms with Crippen LogP contribution in [0.15, 0.2) is 136 Å². The second-order valence-corrected chi connectivity index (χ2v) is 21.1. The summed E-state index contributed by atoms with van der Waals surface area (Å²) in [5.74, 6) is 1.85. The van der Waals surface area contributed by atoms with Gasteiger partial charge in [-0.15, -0.1) is 0 Å². The standard InChI is InChI=1S/C27H23Br2OP.C9H7BrO2.CH4/c28-21-16-17-26-25(20-21)27(18-19-30-26)31(29,22-10-4-1-5-11-22,23-12-6-2-7-13-23)24-14-8-3-9-15-24;10-6-1-2-9-7(5-6)8(11)3-4-12-9;/h1-17,20,27H,18-19H2;1-2,5H,3-4H2;1H4. The van der Waals surface area contributed by atoms with E-state index >= 15 is 0 Å². The van der Waals surface area contributed by atoms with Gasteiger partial charge >= 0.3 is 201 Å². The summed E-state index contributed by atoms with van der Waals surface area (Å²) in [6.07, 6.45) is 1.43. The van der Waals surface area contributed by atoms with Gasteiger partial charge in [-0.1, -0.05) is 23.4 Å². The largest absolute Gasteiger partial charge is 0.492 e. The zero-order valence-corrected chi connectivity index (χ0v) is 29.0. The average Bonchev–Trinajstić information content (AvgIpc) is 3.06. The molecule has 2 aliphatic rings. The van der Waals surface area contributed by atoms with E-state index in [4.69, 9.17) is 9.47 Å². The first-order valence-corrected chi connectivity index (χ1v) is 20.1. The fourth-order valence-electron chi connectivity index (χ4n) is 6.23. The number of fused-ring (bicyclic) bond motifs is 2. The summed E-state index contributed by atoms with van der Waals surface area (Å²) in [5, 5.41) is 0.899. The zero-order valence-electron chi connectivity index (χ0n) is 23.3. The smallest absolute Gasteiger partial charge is 0.170 e. The van der Waals surface area contributed by atoms with Gasteiger partial charge in [0.25, 0.3) is 0 Å². The first-order chi connectivity index (χ1) is 20.9. The third-order valence-corrected chi connectivity index (χ3v) is 20.0. The summed E-state index contributed by atoms with van der Waals surface area (Å²) >= 11 is 11.7. The number of rotatable bonds is 4. The van der Waals surface area contributed by atoms with Gasteiger partial charge in [0.2, 0.25) is 0 Å². The van der Waals surface area contributed by atoms with Crippen LogP contribution < -0.4 is 25.4 Å². The summed E-state index contributed by atoms with van der Waals surface area (Å²) < 4.78 is 13.4. The molecule has 44 heavy (non-hydrogen) atoms. The molecule has 3 nitrogen and oxygen atoms in total. The Morgan fingerprint density at radius 1 is 0.614 bits per heavy atom. The molecule has 1 unspecified atom stereocenters. The van der Waals surface area contributed by atoms with E-state index in [0.29, 0.717) is 30.9 Å². The number of carbonyl (C=O) groups excluding carboxylic acids is 1. The number of ether oxygens (including phenoxy) is 2. The topological polar surface area (TPSA) is 35.5 Å². The number of hydrogen-bond donors (Lipinski definition) is 0. The molecule has 1 atom stereocenters. The third-order valence-electron chi connectivity index (χ3n) is 8.18. The summed E-state index contributed by atoms with van der Waals surface area (Å²) in [6.45, 7) is 1.21. The Hall–Kier alpha value is -2.76. The zero-order chi connectivity index (χ0) is 29.9. The van der Waals surface area contributed by atoms with Crippen molar-refractivity contribution < 1.29 is 14.3 Å². The van der Waals surface area contributed by atoms with Crippen molar-refractivity contribution >= 4 is 74.4 Å². The minimum atomic E-state index is -3.11. The normalized spacial score (nSPS) is 16.2. The molecule has 2 heterocycles. The molecule has 0 spiro atoms. The molecule has 0 radical (unpaired) electrons. The Kier molecular flexibility index (Phi) is 10.2. The Morgan fingerprint density at radius 3 is 1.64 bits per heavy atom. The molecular formula is C37H34Br3O3P. The maximum absolute atomic E-state index is 11.3. The monoisotopic (exact) mass is 794 g/mol. The Labute approximate surface area is 284 Å². The summed E-state index contributed by atoms with van der Waals surface area (Å²) in [7, 11) is 0. The summed E-state index contributed by atoms with van der Waals surface area (Å²) in [4.78, 5) is 11.3. The van der Waals surface area contributed by atoms with Crippen LogP contribution in [-0.2, 0) is 0 Å². The van der Waals surface area contributed by atoms with Crippen molar-refractivity contribution in [2.75, 3.05) is 13.2 Å². The fraction of sp³-hybridized carbons (Fsp3) is 0.162. The van der Waals surface area contributed by atoms with Gasteiger partial charge in [-0.25, -0.2) is 0 Å². The Morgan fingerprint density at radius 2 is 1.09 bits per heavy atom. The van der Waals surface area contributed by atoms with Crippen molar-refractivity contribution in [1.82, 2.24) is 0 Å². The van der Waals surface area contributed by atoms with E-state index in [2.05, 4.69) is 157 Å². The van der Waals surface area contributed by atoms with Crippen LogP contribution in [0.3, 0.4) is 0 Å². The van der Waals surface area contributed by atoms with E-state index in [9.17, 15) is 4.79 Å². The molecule has 0 saturated heterocycles. The first kappa shape index (κ1) is 32.6. The number of hydrogen-bond acceptors (Lipinski definition) is 3. The maximum atomic E-state index is 11.3. The van der Waals surface area contributed by atoms with Crippen molar-refractivity contribution in [2.45, 2.75) is 25.9 Å². The van der Waals surface area contributed by atoms with E-state index in [0.717, 1.165) is 21.1 Å². The third kappa shape index (κ3) is 5.83. The van der Waals surface area contributed by atoms with Gasteiger partial charge in [0.1, 0.15) is 5.75 Å². The molecule has 7 rings (SSSR count). The predicted molar refractivity (Wildman–Crippen MR) is 196 cm³/mol. The quantitative estimate of drug-likeness (QED) is 0.170. The molecule has 5 aromatic carbocycles. The second-order valence-electron chi connectivity index (χ2n) is 10.6. The number of halogens is 3. The van der Waals surface area contributed by atoms with Crippen LogP contribution in [0.1, 0.15) is 41.8 Å². The second kappa shape index (κ2) is 13.7. The molecule has 0 amide bonds. The van der Waals surface area contributed by atoms with Crippen molar-refractivity contribution in [3.63, 3.8) is 0 Å². The molecule has 5 aromatic rings. The number of benzene rings is 5. The van der Waals surface area contributed by atoms with E-state index in [1.54, 1.807) is 6.07 Å². The molecule has 0 aliphatic carbocycles. The average molecular weight is 797 g/mol. The van der Waals surface area contributed by atoms with Crippen LogP contribution in [0.5, 0.6) is 11.5 Å². The number of ketones is 1. The molecule has 0 bridgehead atoms. The number of Topliss-reactive ketones (excluding diaryl/α,β-unsaturated/α-hetero) is 1. The molecule has 7 heteroatoms. The van der Waals surface area contributed by atoms with Gasteiger partial charge in [0.15, 0.2) is 5.78 Å². The van der Waals surface area contributed by atoms with Crippen LogP contribution in [-0.4, -0.2) is 19.0 Å². The van der Waals surface area contributed by atoms with Gasteiger partial charge in [0.05, 0.1) is 12.2 Å². The van der Waals surface area contributed by atoms with Crippen LogP contribution in [0.4, 0.5) is 0 Å². The van der Waals surface area contributed by atoms with Crippen molar-refractivity contribution in [1.29, 1.82) is 0 Å². The van der Waals surface area contributed by atoms with E-state index in [-0.39, 0.29) is 18.9 Å². The number of carbonyl (C=O) groups is 1. The Bertz CT molecular complexity index is 1650. The van der Waals surface area contributed by atoms with Crippen LogP contribution in [0.2, 0.25) is 0 Å². The first-order valence-electron chi connectivity index (χ1n) is 14.2. The molecule has 2 aliphatic heterocycles. The van der Waals surface area contributed by atoms with E-state index in [1.807, 2.05) is 12.1 Å². The van der Waals surface area contributed by atoms with Crippen LogP contribution in [0.25, 0.3) is 0 Å².